The van der Waals surface area contributed by atoms with Crippen LogP contribution in [0.2, 0.25) is 0 Å². The van der Waals surface area contributed by atoms with Gasteiger partial charge in [-0.15, -0.1) is 0 Å². The highest BCUT2D eigenvalue weighted by atomic mass is 16.7. The second kappa shape index (κ2) is 3.93. The quantitative estimate of drug-likeness (QED) is 0.645. The van der Waals surface area contributed by atoms with Gasteiger partial charge in [0.15, 0.2) is 23.0 Å². The summed E-state index contributed by atoms with van der Waals surface area (Å²) in [4.78, 5) is 0. The van der Waals surface area contributed by atoms with E-state index in [9.17, 15) is 0 Å². The molecule has 0 atom stereocenters. The van der Waals surface area contributed by atoms with Gasteiger partial charge in [-0.3, -0.25) is 0 Å². The summed E-state index contributed by atoms with van der Waals surface area (Å²) in [6.45, 7) is 1.45. The Balaban J connectivity index is 1.91. The van der Waals surface area contributed by atoms with Crippen LogP contribution in [0.1, 0.15) is 5.56 Å². The van der Waals surface area contributed by atoms with Crippen molar-refractivity contribution in [3.63, 3.8) is 0 Å². The van der Waals surface area contributed by atoms with Crippen LogP contribution in [-0.4, -0.2) is 20.1 Å². The van der Waals surface area contributed by atoms with Crippen LogP contribution in [0.3, 0.4) is 0 Å². The largest absolute Gasteiger partial charge is 0.454 e. The number of ether oxygens (including phenoxy) is 4. The lowest BCUT2D eigenvalue weighted by molar-refractivity contribution is 0.174. The summed E-state index contributed by atoms with van der Waals surface area (Å²) in [5.74, 6) is 3.22. The predicted octanol–water partition coefficient (Wildman–Crippen LogP) is 3.42. The molecule has 3 heterocycles. The molecule has 3 aromatic rings. The lowest BCUT2D eigenvalue weighted by atomic mass is 9.91. The summed E-state index contributed by atoms with van der Waals surface area (Å²) < 4.78 is 22.8. The van der Waals surface area contributed by atoms with Gasteiger partial charge in [0.2, 0.25) is 13.6 Å². The molecule has 0 saturated heterocycles. The third-order valence-corrected chi connectivity index (χ3v) is 4.85. The Bertz CT molecular complexity index is 1010. The summed E-state index contributed by atoms with van der Waals surface area (Å²) in [5, 5.41) is 7.94. The molecule has 3 aromatic carbocycles. The van der Waals surface area contributed by atoms with Gasteiger partial charge < -0.3 is 24.3 Å². The van der Waals surface area contributed by atoms with Gasteiger partial charge >= 0.3 is 0 Å². The van der Waals surface area contributed by atoms with Crippen LogP contribution in [0.25, 0.3) is 21.5 Å². The fraction of sp³-hybridized carbons (Fsp3) is 0.222. The molecular weight excluding hydrogens is 294 g/mol. The van der Waals surface area contributed by atoms with Gasteiger partial charge in [0.05, 0.1) is 0 Å². The average Bonchev–Trinajstić information content (AvgIpc) is 3.22. The van der Waals surface area contributed by atoms with E-state index in [1.165, 1.54) is 10.9 Å². The lowest BCUT2D eigenvalue weighted by Gasteiger charge is -2.22. The standard InChI is InChI=1S/C18H13NO4/c1-2-12-17(22-7-20-12)15-9(1)5-11-14-10(3-4-19-11)6-13-18(16(14)15)23-8-21-13/h1-2,5-6,19H,3-4,7-8H2. The highest BCUT2D eigenvalue weighted by molar-refractivity contribution is 6.20. The van der Waals surface area contributed by atoms with Crippen molar-refractivity contribution in [2.75, 3.05) is 25.4 Å². The molecule has 0 unspecified atom stereocenters. The highest BCUT2D eigenvalue weighted by Gasteiger charge is 2.28. The number of hydrogen-bond acceptors (Lipinski definition) is 5. The first-order valence-corrected chi connectivity index (χ1v) is 7.74. The summed E-state index contributed by atoms with van der Waals surface area (Å²) >= 11 is 0. The predicted molar refractivity (Wildman–Crippen MR) is 85.9 cm³/mol. The molecule has 114 valence electrons. The fourth-order valence-electron chi connectivity index (χ4n) is 3.90. The average molecular weight is 307 g/mol. The summed E-state index contributed by atoms with van der Waals surface area (Å²) in [5.41, 5.74) is 2.43. The third kappa shape index (κ3) is 1.37. The molecule has 0 saturated carbocycles. The van der Waals surface area contributed by atoms with Crippen LogP contribution in [-0.2, 0) is 6.42 Å². The summed E-state index contributed by atoms with van der Waals surface area (Å²) in [7, 11) is 0. The van der Waals surface area contributed by atoms with Crippen LogP contribution in [0.4, 0.5) is 5.69 Å². The molecule has 0 bridgehead atoms. The summed E-state index contributed by atoms with van der Waals surface area (Å²) in [6.07, 6.45) is 0.970. The van der Waals surface area contributed by atoms with E-state index in [0.717, 1.165) is 57.8 Å². The summed E-state index contributed by atoms with van der Waals surface area (Å²) in [6, 6.07) is 8.34. The molecule has 5 heteroatoms. The number of nitrogens with one attached hydrogen (secondary N) is 1. The number of anilines is 1. The smallest absolute Gasteiger partial charge is 0.231 e. The maximum Gasteiger partial charge on any atom is 0.231 e. The van der Waals surface area contributed by atoms with Crippen molar-refractivity contribution in [1.82, 2.24) is 0 Å². The molecule has 0 fully saturated rings. The number of fused-ring (bicyclic) bond motifs is 6. The van der Waals surface area contributed by atoms with Crippen molar-refractivity contribution in [3.05, 3.63) is 29.8 Å². The fourth-order valence-corrected chi connectivity index (χ4v) is 3.90. The van der Waals surface area contributed by atoms with E-state index >= 15 is 0 Å². The molecule has 6 rings (SSSR count). The van der Waals surface area contributed by atoms with E-state index in [0.29, 0.717) is 0 Å². The molecule has 0 radical (unpaired) electrons. The van der Waals surface area contributed by atoms with Gasteiger partial charge in [0.1, 0.15) is 0 Å². The molecule has 1 N–H and O–H groups in total. The Morgan fingerprint density at radius 2 is 1.61 bits per heavy atom. The Labute approximate surface area is 131 Å². The molecule has 0 aromatic heterocycles. The normalized spacial score (nSPS) is 16.9. The SMILES string of the molecule is c1cc2cc3c4c(cc5c(c4c2c2c1OCO2)OCO5)CCN3. The van der Waals surface area contributed by atoms with Crippen LogP contribution in [0.15, 0.2) is 24.3 Å². The number of hydrogen-bond donors (Lipinski definition) is 1. The number of benzene rings is 3. The Hall–Kier alpha value is -2.82. The second-order valence-corrected chi connectivity index (χ2v) is 6.02. The maximum atomic E-state index is 5.81. The molecule has 23 heavy (non-hydrogen) atoms. The van der Waals surface area contributed by atoms with Crippen LogP contribution < -0.4 is 24.3 Å². The maximum absolute atomic E-state index is 5.81. The second-order valence-electron chi connectivity index (χ2n) is 6.02. The first-order chi connectivity index (χ1) is 11.4. The van der Waals surface area contributed by atoms with E-state index in [2.05, 4.69) is 23.5 Å². The minimum atomic E-state index is 0.259. The van der Waals surface area contributed by atoms with E-state index in [1.54, 1.807) is 0 Å². The van der Waals surface area contributed by atoms with E-state index in [-0.39, 0.29) is 13.6 Å². The zero-order valence-corrected chi connectivity index (χ0v) is 12.3. The van der Waals surface area contributed by atoms with Crippen molar-refractivity contribution >= 4 is 27.2 Å². The topological polar surface area (TPSA) is 49.0 Å². The van der Waals surface area contributed by atoms with E-state index in [4.69, 9.17) is 18.9 Å². The van der Waals surface area contributed by atoms with Gasteiger partial charge in [-0.1, -0.05) is 6.07 Å². The minimum absolute atomic E-state index is 0.259. The van der Waals surface area contributed by atoms with Crippen molar-refractivity contribution in [2.24, 2.45) is 0 Å². The van der Waals surface area contributed by atoms with Crippen molar-refractivity contribution in [2.45, 2.75) is 6.42 Å². The molecule has 3 aliphatic rings. The molecule has 0 spiro atoms. The zero-order valence-electron chi connectivity index (χ0n) is 12.3. The van der Waals surface area contributed by atoms with E-state index in [1.807, 2.05) is 6.07 Å². The van der Waals surface area contributed by atoms with Gasteiger partial charge in [-0.25, -0.2) is 0 Å². The van der Waals surface area contributed by atoms with Crippen molar-refractivity contribution < 1.29 is 18.9 Å². The van der Waals surface area contributed by atoms with Crippen molar-refractivity contribution in [1.29, 1.82) is 0 Å². The van der Waals surface area contributed by atoms with Crippen LogP contribution in [0, 0.1) is 0 Å². The van der Waals surface area contributed by atoms with E-state index < -0.39 is 0 Å². The Morgan fingerprint density at radius 1 is 0.783 bits per heavy atom. The first-order valence-electron chi connectivity index (χ1n) is 7.74. The van der Waals surface area contributed by atoms with Crippen molar-refractivity contribution in [3.8, 4) is 23.0 Å². The van der Waals surface area contributed by atoms with Gasteiger partial charge in [0, 0.05) is 28.4 Å². The third-order valence-electron chi connectivity index (χ3n) is 4.85. The molecular formula is C18H13NO4. The van der Waals surface area contributed by atoms with Gasteiger partial charge in [0.25, 0.3) is 0 Å². The van der Waals surface area contributed by atoms with Gasteiger partial charge in [-0.05, 0) is 35.6 Å². The number of rotatable bonds is 0. The molecule has 0 amide bonds. The Kier molecular flexibility index (Phi) is 2.00. The monoisotopic (exact) mass is 307 g/mol. The van der Waals surface area contributed by atoms with Crippen LogP contribution >= 0.6 is 0 Å². The first kappa shape index (κ1) is 11.7. The lowest BCUT2D eigenvalue weighted by Crippen LogP contribution is -2.11. The molecule has 5 nitrogen and oxygen atoms in total. The molecule has 3 aliphatic heterocycles. The highest BCUT2D eigenvalue weighted by Crippen LogP contribution is 2.52. The van der Waals surface area contributed by atoms with Gasteiger partial charge in [-0.2, -0.15) is 0 Å². The van der Waals surface area contributed by atoms with Crippen LogP contribution in [0.5, 0.6) is 23.0 Å². The minimum Gasteiger partial charge on any atom is -0.454 e. The Morgan fingerprint density at radius 3 is 2.52 bits per heavy atom. The zero-order chi connectivity index (χ0) is 15.0. The molecule has 0 aliphatic carbocycles.